The predicted octanol–water partition coefficient (Wildman–Crippen LogP) is 3.21. The Morgan fingerprint density at radius 2 is 2.25 bits per heavy atom. The highest BCUT2D eigenvalue weighted by Gasteiger charge is 2.15. The van der Waals surface area contributed by atoms with Gasteiger partial charge in [0.1, 0.15) is 6.10 Å². The molecule has 0 aliphatic rings. The SMILES string of the molecule is CC(O)c1noc(-c2cc(Br)ccc2Cl)n1. The molecule has 0 spiro atoms. The van der Waals surface area contributed by atoms with E-state index in [4.69, 9.17) is 16.1 Å². The van der Waals surface area contributed by atoms with Crippen molar-refractivity contribution in [2.24, 2.45) is 0 Å². The Kier molecular flexibility index (Phi) is 3.28. The van der Waals surface area contributed by atoms with Crippen LogP contribution in [0.1, 0.15) is 18.9 Å². The summed E-state index contributed by atoms with van der Waals surface area (Å²) in [6.45, 7) is 1.57. The van der Waals surface area contributed by atoms with E-state index in [1.807, 2.05) is 6.07 Å². The Morgan fingerprint density at radius 1 is 1.50 bits per heavy atom. The topological polar surface area (TPSA) is 59.2 Å². The van der Waals surface area contributed by atoms with Crippen molar-refractivity contribution in [3.05, 3.63) is 33.5 Å². The first-order valence-electron chi connectivity index (χ1n) is 4.55. The van der Waals surface area contributed by atoms with Gasteiger partial charge in [0.15, 0.2) is 5.82 Å². The standard InChI is InChI=1S/C10H8BrClN2O2/c1-5(15)9-13-10(16-14-9)7-4-6(11)2-3-8(7)12/h2-5,15H,1H3. The number of rotatable bonds is 2. The molecule has 1 atom stereocenters. The number of hydrogen-bond donors (Lipinski definition) is 1. The van der Waals surface area contributed by atoms with Crippen molar-refractivity contribution in [3.63, 3.8) is 0 Å². The molecule has 2 aromatic rings. The van der Waals surface area contributed by atoms with Crippen molar-refractivity contribution in [2.75, 3.05) is 0 Å². The summed E-state index contributed by atoms with van der Waals surface area (Å²) in [7, 11) is 0. The molecule has 0 radical (unpaired) electrons. The second-order valence-electron chi connectivity index (χ2n) is 3.26. The Bertz CT molecular complexity index is 513. The highest BCUT2D eigenvalue weighted by Crippen LogP contribution is 2.29. The van der Waals surface area contributed by atoms with Crippen LogP contribution in [0.15, 0.2) is 27.2 Å². The minimum absolute atomic E-state index is 0.242. The summed E-state index contributed by atoms with van der Waals surface area (Å²) in [5.41, 5.74) is 0.635. The molecule has 6 heteroatoms. The average Bonchev–Trinajstić information content (AvgIpc) is 2.70. The molecular formula is C10H8BrClN2O2. The fourth-order valence-corrected chi connectivity index (χ4v) is 1.73. The molecule has 1 unspecified atom stereocenters. The fourth-order valence-electron chi connectivity index (χ4n) is 1.18. The Labute approximate surface area is 105 Å². The smallest absolute Gasteiger partial charge is 0.259 e. The van der Waals surface area contributed by atoms with Gasteiger partial charge in [0.05, 0.1) is 10.6 Å². The van der Waals surface area contributed by atoms with Gasteiger partial charge in [0.2, 0.25) is 0 Å². The van der Waals surface area contributed by atoms with E-state index in [1.54, 1.807) is 19.1 Å². The number of benzene rings is 1. The molecule has 1 heterocycles. The van der Waals surface area contributed by atoms with E-state index in [2.05, 4.69) is 26.1 Å². The molecule has 1 N–H and O–H groups in total. The zero-order chi connectivity index (χ0) is 11.7. The van der Waals surface area contributed by atoms with Crippen LogP contribution in [0.4, 0.5) is 0 Å². The van der Waals surface area contributed by atoms with E-state index in [0.717, 1.165) is 4.47 Å². The van der Waals surface area contributed by atoms with Gasteiger partial charge in [-0.05, 0) is 25.1 Å². The van der Waals surface area contributed by atoms with Gasteiger partial charge in [-0.15, -0.1) is 0 Å². The molecular weight excluding hydrogens is 295 g/mol. The minimum Gasteiger partial charge on any atom is -0.385 e. The lowest BCUT2D eigenvalue weighted by Crippen LogP contribution is -1.93. The van der Waals surface area contributed by atoms with E-state index in [1.165, 1.54) is 0 Å². The third-order valence-corrected chi connectivity index (χ3v) is 2.80. The molecule has 0 amide bonds. The largest absolute Gasteiger partial charge is 0.385 e. The van der Waals surface area contributed by atoms with Gasteiger partial charge in [-0.1, -0.05) is 32.7 Å². The Morgan fingerprint density at radius 3 is 2.88 bits per heavy atom. The Hall–Kier alpha value is -0.910. The maximum atomic E-state index is 9.28. The highest BCUT2D eigenvalue weighted by molar-refractivity contribution is 9.10. The van der Waals surface area contributed by atoms with Crippen LogP contribution in [0.5, 0.6) is 0 Å². The van der Waals surface area contributed by atoms with Gasteiger partial charge in [0.25, 0.3) is 5.89 Å². The molecule has 1 aromatic carbocycles. The van der Waals surface area contributed by atoms with Crippen LogP contribution >= 0.6 is 27.5 Å². The van der Waals surface area contributed by atoms with E-state index in [0.29, 0.717) is 16.5 Å². The molecule has 0 saturated carbocycles. The van der Waals surface area contributed by atoms with Crippen LogP contribution in [0.3, 0.4) is 0 Å². The van der Waals surface area contributed by atoms with Crippen LogP contribution in [0, 0.1) is 0 Å². The van der Waals surface area contributed by atoms with Gasteiger partial charge in [-0.2, -0.15) is 4.98 Å². The molecule has 0 aliphatic carbocycles. The van der Waals surface area contributed by atoms with Crippen LogP contribution in [-0.4, -0.2) is 15.2 Å². The summed E-state index contributed by atoms with van der Waals surface area (Å²) in [6.07, 6.45) is -0.761. The van der Waals surface area contributed by atoms with E-state index in [-0.39, 0.29) is 5.82 Å². The van der Waals surface area contributed by atoms with Crippen molar-refractivity contribution in [1.29, 1.82) is 0 Å². The molecule has 0 aliphatic heterocycles. The van der Waals surface area contributed by atoms with E-state index >= 15 is 0 Å². The molecule has 84 valence electrons. The van der Waals surface area contributed by atoms with Crippen LogP contribution in [0.25, 0.3) is 11.5 Å². The number of aliphatic hydroxyl groups excluding tert-OH is 1. The van der Waals surface area contributed by atoms with Crippen molar-refractivity contribution < 1.29 is 9.63 Å². The summed E-state index contributed by atoms with van der Waals surface area (Å²) < 4.78 is 5.89. The number of hydrogen-bond acceptors (Lipinski definition) is 4. The van der Waals surface area contributed by atoms with Crippen LogP contribution in [0.2, 0.25) is 5.02 Å². The van der Waals surface area contributed by atoms with Crippen molar-refractivity contribution in [1.82, 2.24) is 10.1 Å². The molecule has 16 heavy (non-hydrogen) atoms. The summed E-state index contributed by atoms with van der Waals surface area (Å²) in [6, 6.07) is 5.33. The second kappa shape index (κ2) is 4.53. The predicted molar refractivity (Wildman–Crippen MR) is 63.1 cm³/mol. The minimum atomic E-state index is -0.761. The third-order valence-electron chi connectivity index (χ3n) is 1.97. The van der Waals surface area contributed by atoms with Crippen molar-refractivity contribution >= 4 is 27.5 Å². The van der Waals surface area contributed by atoms with Crippen LogP contribution < -0.4 is 0 Å². The lowest BCUT2D eigenvalue weighted by molar-refractivity contribution is 0.184. The second-order valence-corrected chi connectivity index (χ2v) is 4.58. The quantitative estimate of drug-likeness (QED) is 0.925. The number of nitrogens with zero attached hydrogens (tertiary/aromatic N) is 2. The first-order chi connectivity index (χ1) is 7.58. The molecule has 2 rings (SSSR count). The molecule has 0 saturated heterocycles. The third kappa shape index (κ3) is 2.26. The molecule has 1 aromatic heterocycles. The summed E-state index contributed by atoms with van der Waals surface area (Å²) in [4.78, 5) is 4.05. The molecule has 0 fully saturated rings. The average molecular weight is 304 g/mol. The zero-order valence-electron chi connectivity index (χ0n) is 8.32. The summed E-state index contributed by atoms with van der Waals surface area (Å²) in [5.74, 6) is 0.535. The number of aliphatic hydroxyl groups is 1. The van der Waals surface area contributed by atoms with Crippen LogP contribution in [-0.2, 0) is 0 Å². The first-order valence-corrected chi connectivity index (χ1v) is 5.72. The monoisotopic (exact) mass is 302 g/mol. The summed E-state index contributed by atoms with van der Waals surface area (Å²) >= 11 is 9.34. The normalized spacial score (nSPS) is 12.8. The lowest BCUT2D eigenvalue weighted by Gasteiger charge is -1.98. The summed E-state index contributed by atoms with van der Waals surface area (Å²) in [5, 5.41) is 13.5. The zero-order valence-corrected chi connectivity index (χ0v) is 10.7. The molecule has 4 nitrogen and oxygen atoms in total. The number of halogens is 2. The van der Waals surface area contributed by atoms with Gasteiger partial charge >= 0.3 is 0 Å². The highest BCUT2D eigenvalue weighted by atomic mass is 79.9. The van der Waals surface area contributed by atoms with Crippen molar-refractivity contribution in [3.8, 4) is 11.5 Å². The molecule has 0 bridgehead atoms. The Balaban J connectivity index is 2.46. The maximum Gasteiger partial charge on any atom is 0.259 e. The number of aromatic nitrogens is 2. The van der Waals surface area contributed by atoms with Gasteiger partial charge < -0.3 is 9.63 Å². The van der Waals surface area contributed by atoms with Gasteiger partial charge in [-0.25, -0.2) is 0 Å². The van der Waals surface area contributed by atoms with Gasteiger partial charge in [0, 0.05) is 4.47 Å². The van der Waals surface area contributed by atoms with E-state index < -0.39 is 6.10 Å². The lowest BCUT2D eigenvalue weighted by atomic mass is 10.2. The first kappa shape index (κ1) is 11.6. The van der Waals surface area contributed by atoms with E-state index in [9.17, 15) is 5.11 Å². The maximum absolute atomic E-state index is 9.28. The van der Waals surface area contributed by atoms with Gasteiger partial charge in [-0.3, -0.25) is 0 Å². The fraction of sp³-hybridized carbons (Fsp3) is 0.200. The van der Waals surface area contributed by atoms with Crippen molar-refractivity contribution in [2.45, 2.75) is 13.0 Å².